The van der Waals surface area contributed by atoms with Crippen LogP contribution in [0.2, 0.25) is 10.0 Å². The highest BCUT2D eigenvalue weighted by atomic mass is 79.9. The Bertz CT molecular complexity index is 1340. The first-order valence-electron chi connectivity index (χ1n) is 11.0. The predicted molar refractivity (Wildman–Crippen MR) is 152 cm³/mol. The van der Waals surface area contributed by atoms with Crippen molar-refractivity contribution in [3.05, 3.63) is 91.9 Å². The number of hydrogen-bond donors (Lipinski definition) is 0. The van der Waals surface area contributed by atoms with E-state index in [1.54, 1.807) is 60.7 Å². The molecule has 1 heterocycles. The number of nitrogens with zero attached hydrogens (tertiary/aromatic N) is 1. The number of thioether (sulfide) groups is 1. The zero-order valence-corrected chi connectivity index (χ0v) is 24.6. The van der Waals surface area contributed by atoms with Gasteiger partial charge in [0.25, 0.3) is 5.24 Å². The molecule has 4 rings (SSSR count). The molecule has 1 unspecified atom stereocenters. The van der Waals surface area contributed by atoms with Gasteiger partial charge >= 0.3 is 5.97 Å². The number of ether oxygens (including phenoxy) is 2. The quantitative estimate of drug-likeness (QED) is 0.132. The second-order valence-corrected chi connectivity index (χ2v) is 11.5. The van der Waals surface area contributed by atoms with Crippen LogP contribution in [0.4, 0.5) is 4.79 Å². The fourth-order valence-electron chi connectivity index (χ4n) is 3.61. The summed E-state index contributed by atoms with van der Waals surface area (Å²) in [7, 11) is 0. The molecular formula is C26H19Br2Cl2NO5S. The maximum atomic E-state index is 13.1. The zero-order chi connectivity index (χ0) is 26.5. The van der Waals surface area contributed by atoms with E-state index in [0.29, 0.717) is 32.4 Å². The third kappa shape index (κ3) is 7.29. The summed E-state index contributed by atoms with van der Waals surface area (Å²) in [6.45, 7) is -0.178. The maximum absolute atomic E-state index is 13.1. The van der Waals surface area contributed by atoms with Gasteiger partial charge in [-0.1, -0.05) is 85.0 Å². The lowest BCUT2D eigenvalue weighted by Gasteiger charge is -2.16. The fourth-order valence-corrected chi connectivity index (χ4v) is 5.79. The summed E-state index contributed by atoms with van der Waals surface area (Å²) in [5, 5.41) is 0.594. The van der Waals surface area contributed by atoms with E-state index >= 15 is 0 Å². The summed E-state index contributed by atoms with van der Waals surface area (Å²) in [4.78, 5) is 39.4. The van der Waals surface area contributed by atoms with Crippen molar-refractivity contribution in [3.8, 4) is 11.5 Å². The van der Waals surface area contributed by atoms with Gasteiger partial charge < -0.3 is 9.47 Å². The summed E-state index contributed by atoms with van der Waals surface area (Å²) in [5.41, 5.74) is 2.25. The number of esters is 1. The van der Waals surface area contributed by atoms with Gasteiger partial charge in [-0.25, -0.2) is 4.79 Å². The van der Waals surface area contributed by atoms with E-state index in [2.05, 4.69) is 31.9 Å². The lowest BCUT2D eigenvalue weighted by Crippen LogP contribution is -2.31. The molecule has 1 saturated heterocycles. The molecule has 11 heteroatoms. The lowest BCUT2D eigenvalue weighted by atomic mass is 10.1. The molecular weight excluding hydrogens is 669 g/mol. The van der Waals surface area contributed by atoms with Crippen LogP contribution < -0.4 is 9.47 Å². The molecule has 3 aromatic rings. The Hall–Kier alpha value is -2.04. The van der Waals surface area contributed by atoms with Gasteiger partial charge in [0, 0.05) is 25.4 Å². The van der Waals surface area contributed by atoms with Crippen LogP contribution in [0.15, 0.2) is 65.1 Å². The molecule has 0 aliphatic carbocycles. The van der Waals surface area contributed by atoms with Gasteiger partial charge in [0.2, 0.25) is 5.91 Å². The number of benzene rings is 3. The topological polar surface area (TPSA) is 72.9 Å². The van der Waals surface area contributed by atoms with Gasteiger partial charge in [-0.3, -0.25) is 14.5 Å². The summed E-state index contributed by atoms with van der Waals surface area (Å²) in [5.74, 6) is -0.113. The standard InChI is InChI=1S/C26H19Br2Cl2NO5S/c27-12-16-3-7-20(30)11-22(16)36-24(32)14-35-21-8-4-18(28)9-17(21)10-23-25(33)31(26(34)37-23)13-15-1-5-19(29)6-2-15/h1-9,11,23H,10,12-14H2. The van der Waals surface area contributed by atoms with Gasteiger partial charge in [0.05, 0.1) is 11.8 Å². The first kappa shape index (κ1) is 28.0. The third-order valence-electron chi connectivity index (χ3n) is 5.43. The first-order valence-corrected chi connectivity index (χ1v) is 14.5. The Morgan fingerprint density at radius 1 is 0.946 bits per heavy atom. The van der Waals surface area contributed by atoms with E-state index in [4.69, 9.17) is 32.7 Å². The molecule has 1 aliphatic rings. The van der Waals surface area contributed by atoms with Gasteiger partial charge in [-0.05, 0) is 60.0 Å². The van der Waals surface area contributed by atoms with Crippen molar-refractivity contribution in [1.82, 2.24) is 4.90 Å². The molecule has 0 spiro atoms. The van der Waals surface area contributed by atoms with Crippen molar-refractivity contribution in [1.29, 1.82) is 0 Å². The highest BCUT2D eigenvalue weighted by molar-refractivity contribution is 9.10. The maximum Gasteiger partial charge on any atom is 0.349 e. The van der Waals surface area contributed by atoms with Crippen LogP contribution in [0.3, 0.4) is 0 Å². The number of hydrogen-bond acceptors (Lipinski definition) is 6. The van der Waals surface area contributed by atoms with Crippen LogP contribution in [0.1, 0.15) is 16.7 Å². The molecule has 1 aliphatic heterocycles. The average molecular weight is 688 g/mol. The van der Waals surface area contributed by atoms with Crippen LogP contribution in [0.25, 0.3) is 0 Å². The highest BCUT2D eigenvalue weighted by Gasteiger charge is 2.39. The Labute approximate surface area is 244 Å². The van der Waals surface area contributed by atoms with E-state index in [9.17, 15) is 14.4 Å². The van der Waals surface area contributed by atoms with Crippen molar-refractivity contribution in [2.45, 2.75) is 23.5 Å². The summed E-state index contributed by atoms with van der Waals surface area (Å²) < 4.78 is 12.0. The first-order chi connectivity index (χ1) is 17.7. The third-order valence-corrected chi connectivity index (χ3v) is 8.09. The van der Waals surface area contributed by atoms with Crippen LogP contribution in [-0.2, 0) is 27.9 Å². The van der Waals surface area contributed by atoms with Gasteiger partial charge in [0.1, 0.15) is 11.5 Å². The normalized spacial score (nSPS) is 15.2. The number of carbonyl (C=O) groups is 3. The minimum absolute atomic E-state index is 0.173. The second kappa shape index (κ2) is 12.7. The average Bonchev–Trinajstić information content (AvgIpc) is 3.12. The van der Waals surface area contributed by atoms with E-state index in [-0.39, 0.29) is 30.7 Å². The van der Waals surface area contributed by atoms with Gasteiger partial charge in [-0.15, -0.1) is 0 Å². The molecule has 6 nitrogen and oxygen atoms in total. The number of imide groups is 1. The SMILES string of the molecule is O=C(COc1ccc(Br)cc1CC1SC(=O)N(Cc2ccc(Cl)cc2)C1=O)Oc1cc(Cl)ccc1CBr. The zero-order valence-electron chi connectivity index (χ0n) is 19.1. The molecule has 37 heavy (non-hydrogen) atoms. The molecule has 1 fully saturated rings. The minimum atomic E-state index is -0.614. The predicted octanol–water partition coefficient (Wildman–Crippen LogP) is 7.44. The van der Waals surface area contributed by atoms with E-state index in [0.717, 1.165) is 27.4 Å². The van der Waals surface area contributed by atoms with Crippen LogP contribution in [-0.4, -0.2) is 33.9 Å². The van der Waals surface area contributed by atoms with Crippen molar-refractivity contribution >= 4 is 83.9 Å². The molecule has 2 amide bonds. The van der Waals surface area contributed by atoms with Crippen molar-refractivity contribution in [3.63, 3.8) is 0 Å². The number of amides is 2. The minimum Gasteiger partial charge on any atom is -0.482 e. The molecule has 3 aromatic carbocycles. The Balaban J connectivity index is 1.42. The van der Waals surface area contributed by atoms with E-state index < -0.39 is 11.2 Å². The summed E-state index contributed by atoms with van der Waals surface area (Å²) >= 11 is 19.7. The number of rotatable bonds is 9. The highest BCUT2D eigenvalue weighted by Crippen LogP contribution is 2.34. The Kier molecular flexibility index (Phi) is 9.58. The molecule has 0 aromatic heterocycles. The van der Waals surface area contributed by atoms with Crippen molar-refractivity contribution in [2.24, 2.45) is 0 Å². The fraction of sp³-hybridized carbons (Fsp3) is 0.192. The molecule has 192 valence electrons. The summed E-state index contributed by atoms with van der Waals surface area (Å²) in [6.07, 6.45) is 0.248. The van der Waals surface area contributed by atoms with E-state index in [1.807, 2.05) is 0 Å². The second-order valence-electron chi connectivity index (χ2n) is 8.03. The monoisotopic (exact) mass is 685 g/mol. The molecule has 0 saturated carbocycles. The van der Waals surface area contributed by atoms with Crippen molar-refractivity contribution in [2.75, 3.05) is 6.61 Å². The number of halogens is 4. The smallest absolute Gasteiger partial charge is 0.349 e. The Morgan fingerprint density at radius 3 is 2.41 bits per heavy atom. The Morgan fingerprint density at radius 2 is 1.68 bits per heavy atom. The lowest BCUT2D eigenvalue weighted by molar-refractivity contribution is -0.136. The van der Waals surface area contributed by atoms with E-state index in [1.165, 1.54) is 4.90 Å². The van der Waals surface area contributed by atoms with Gasteiger partial charge in [0.15, 0.2) is 6.61 Å². The number of carbonyl (C=O) groups excluding carboxylic acids is 3. The molecule has 0 N–H and O–H groups in total. The molecule has 1 atom stereocenters. The number of alkyl halides is 1. The van der Waals surface area contributed by atoms with Crippen LogP contribution in [0.5, 0.6) is 11.5 Å². The summed E-state index contributed by atoms with van der Waals surface area (Å²) in [6, 6.07) is 17.3. The van der Waals surface area contributed by atoms with Gasteiger partial charge in [-0.2, -0.15) is 0 Å². The van der Waals surface area contributed by atoms with Crippen molar-refractivity contribution < 1.29 is 23.9 Å². The molecule has 0 radical (unpaired) electrons. The van der Waals surface area contributed by atoms with Crippen LogP contribution in [0, 0.1) is 0 Å². The van der Waals surface area contributed by atoms with Crippen LogP contribution >= 0.6 is 66.8 Å². The largest absolute Gasteiger partial charge is 0.482 e. The molecule has 0 bridgehead atoms.